The van der Waals surface area contributed by atoms with Gasteiger partial charge in [-0.1, -0.05) is 29.3 Å². The van der Waals surface area contributed by atoms with Gasteiger partial charge in [0.2, 0.25) is 5.78 Å². The van der Waals surface area contributed by atoms with Gasteiger partial charge in [0.15, 0.2) is 12.4 Å². The number of carbonyl (C=O) groups is 2. The summed E-state index contributed by atoms with van der Waals surface area (Å²) in [5.74, 6) is 0.167. The Morgan fingerprint density at radius 1 is 1.19 bits per heavy atom. The summed E-state index contributed by atoms with van der Waals surface area (Å²) in [5.41, 5.74) is 1.02. The lowest BCUT2D eigenvalue weighted by atomic mass is 10.1. The fourth-order valence-corrected chi connectivity index (χ4v) is 2.82. The zero-order valence-corrected chi connectivity index (χ0v) is 15.3. The van der Waals surface area contributed by atoms with Crippen LogP contribution in [0, 0.1) is 0 Å². The molecule has 0 bridgehead atoms. The maximum Gasteiger partial charge on any atom is 0.344 e. The first-order valence-electron chi connectivity index (χ1n) is 7.79. The lowest BCUT2D eigenvalue weighted by molar-refractivity contribution is -0.145. The molecule has 1 aliphatic rings. The van der Waals surface area contributed by atoms with E-state index in [0.717, 1.165) is 0 Å². The average Bonchev–Trinajstić information content (AvgIpc) is 2.91. The lowest BCUT2D eigenvalue weighted by Gasteiger charge is -2.06. The minimum absolute atomic E-state index is 0.145. The molecule has 0 atom stereocenters. The number of benzene rings is 2. The molecule has 134 valence electrons. The van der Waals surface area contributed by atoms with Gasteiger partial charge in [0.05, 0.1) is 12.2 Å². The van der Waals surface area contributed by atoms with E-state index in [4.69, 9.17) is 37.4 Å². The number of hydrogen-bond donors (Lipinski definition) is 0. The van der Waals surface area contributed by atoms with Gasteiger partial charge in [-0.15, -0.1) is 0 Å². The van der Waals surface area contributed by atoms with Crippen molar-refractivity contribution in [2.24, 2.45) is 0 Å². The highest BCUT2D eigenvalue weighted by molar-refractivity contribution is 6.35. The monoisotopic (exact) mass is 392 g/mol. The number of fused-ring (bicyclic) bond motifs is 1. The summed E-state index contributed by atoms with van der Waals surface area (Å²) >= 11 is 12.0. The van der Waals surface area contributed by atoms with Crippen molar-refractivity contribution in [1.82, 2.24) is 0 Å². The van der Waals surface area contributed by atoms with Crippen molar-refractivity contribution in [2.75, 3.05) is 13.2 Å². The molecule has 7 heteroatoms. The molecule has 0 amide bonds. The van der Waals surface area contributed by atoms with Crippen molar-refractivity contribution < 1.29 is 23.8 Å². The van der Waals surface area contributed by atoms with E-state index in [0.29, 0.717) is 32.7 Å². The van der Waals surface area contributed by atoms with Crippen LogP contribution >= 0.6 is 23.2 Å². The smallest absolute Gasteiger partial charge is 0.344 e. The Labute approximate surface area is 160 Å². The molecule has 26 heavy (non-hydrogen) atoms. The second-order valence-electron chi connectivity index (χ2n) is 5.36. The first-order chi connectivity index (χ1) is 12.5. The molecule has 5 nitrogen and oxygen atoms in total. The number of rotatable bonds is 5. The summed E-state index contributed by atoms with van der Waals surface area (Å²) in [4.78, 5) is 23.8. The fraction of sp³-hybridized carbons (Fsp3) is 0.158. The van der Waals surface area contributed by atoms with Gasteiger partial charge >= 0.3 is 5.97 Å². The van der Waals surface area contributed by atoms with E-state index in [-0.39, 0.29) is 24.8 Å². The second kappa shape index (κ2) is 7.81. The highest BCUT2D eigenvalue weighted by Gasteiger charge is 2.28. The highest BCUT2D eigenvalue weighted by atomic mass is 35.5. The van der Waals surface area contributed by atoms with E-state index in [1.54, 1.807) is 49.4 Å². The number of halogens is 2. The molecule has 3 rings (SSSR count). The van der Waals surface area contributed by atoms with Crippen molar-refractivity contribution in [2.45, 2.75) is 6.92 Å². The third kappa shape index (κ3) is 4.00. The van der Waals surface area contributed by atoms with E-state index in [1.165, 1.54) is 0 Å². The first-order valence-corrected chi connectivity index (χ1v) is 8.55. The molecule has 2 aromatic carbocycles. The zero-order chi connectivity index (χ0) is 18.7. The molecule has 0 radical (unpaired) electrons. The number of allylic oxidation sites excluding steroid dienone is 1. The summed E-state index contributed by atoms with van der Waals surface area (Å²) in [7, 11) is 0. The van der Waals surface area contributed by atoms with Crippen LogP contribution in [-0.2, 0) is 9.53 Å². The van der Waals surface area contributed by atoms with Gasteiger partial charge in [-0.25, -0.2) is 4.79 Å². The van der Waals surface area contributed by atoms with Crippen molar-refractivity contribution >= 4 is 41.0 Å². The van der Waals surface area contributed by atoms with Crippen LogP contribution in [0.4, 0.5) is 0 Å². The number of carbonyl (C=O) groups excluding carboxylic acids is 2. The van der Waals surface area contributed by atoms with Crippen LogP contribution in [0.25, 0.3) is 6.08 Å². The third-order valence-electron chi connectivity index (χ3n) is 3.55. The van der Waals surface area contributed by atoms with Crippen LogP contribution < -0.4 is 9.47 Å². The van der Waals surface area contributed by atoms with E-state index in [2.05, 4.69) is 0 Å². The standard InChI is InChI=1S/C19H14Cl2O5/c1-2-24-18(22)10-25-13-5-6-14-16(9-13)26-17(19(14)23)7-11-3-4-12(20)8-15(11)21/h3-9H,2,10H2,1H3. The Kier molecular flexibility index (Phi) is 5.49. The maximum atomic E-state index is 12.5. The van der Waals surface area contributed by atoms with Crippen LogP contribution in [0.2, 0.25) is 10.0 Å². The second-order valence-corrected chi connectivity index (χ2v) is 6.20. The Bertz CT molecular complexity index is 905. The van der Waals surface area contributed by atoms with Gasteiger partial charge in [-0.2, -0.15) is 0 Å². The number of ketones is 1. The predicted molar refractivity (Wildman–Crippen MR) is 98.0 cm³/mol. The maximum absolute atomic E-state index is 12.5. The molecule has 0 N–H and O–H groups in total. The molecule has 0 saturated carbocycles. The minimum atomic E-state index is -0.469. The van der Waals surface area contributed by atoms with Crippen molar-refractivity contribution in [3.05, 3.63) is 63.3 Å². The average molecular weight is 393 g/mol. The van der Waals surface area contributed by atoms with Gasteiger partial charge in [-0.05, 0) is 42.8 Å². The Morgan fingerprint density at radius 3 is 2.73 bits per heavy atom. The Balaban J connectivity index is 1.78. The fourth-order valence-electron chi connectivity index (χ4n) is 2.36. The quantitative estimate of drug-likeness (QED) is 0.551. The minimum Gasteiger partial charge on any atom is -0.482 e. The largest absolute Gasteiger partial charge is 0.482 e. The SMILES string of the molecule is CCOC(=O)COc1ccc2c(c1)OC(=Cc1ccc(Cl)cc1Cl)C2=O. The molecule has 2 aromatic rings. The van der Waals surface area contributed by atoms with Crippen LogP contribution in [0.5, 0.6) is 11.5 Å². The molecule has 0 unspecified atom stereocenters. The summed E-state index contributed by atoms with van der Waals surface area (Å²) in [5, 5.41) is 0.915. The summed E-state index contributed by atoms with van der Waals surface area (Å²) in [6.07, 6.45) is 1.56. The molecule has 1 aliphatic heterocycles. The highest BCUT2D eigenvalue weighted by Crippen LogP contribution is 2.35. The molecular weight excluding hydrogens is 379 g/mol. The number of hydrogen-bond acceptors (Lipinski definition) is 5. The van der Waals surface area contributed by atoms with Crippen molar-refractivity contribution in [3.63, 3.8) is 0 Å². The van der Waals surface area contributed by atoms with Crippen molar-refractivity contribution in [1.29, 1.82) is 0 Å². The summed E-state index contributed by atoms with van der Waals surface area (Å²) < 4.78 is 15.8. The number of ether oxygens (including phenoxy) is 3. The van der Waals surface area contributed by atoms with Gasteiger partial charge in [0, 0.05) is 16.1 Å². The van der Waals surface area contributed by atoms with E-state index in [1.807, 2.05) is 0 Å². The molecule has 0 spiro atoms. The topological polar surface area (TPSA) is 61.8 Å². The lowest BCUT2D eigenvalue weighted by Crippen LogP contribution is -2.14. The molecule has 1 heterocycles. The normalized spacial score (nSPS) is 14.1. The van der Waals surface area contributed by atoms with Crippen LogP contribution in [0.3, 0.4) is 0 Å². The third-order valence-corrected chi connectivity index (χ3v) is 4.11. The van der Waals surface area contributed by atoms with Crippen LogP contribution in [0.1, 0.15) is 22.8 Å². The van der Waals surface area contributed by atoms with Crippen LogP contribution in [-0.4, -0.2) is 25.0 Å². The molecule has 0 saturated heterocycles. The van der Waals surface area contributed by atoms with Gasteiger partial charge in [0.1, 0.15) is 11.5 Å². The zero-order valence-electron chi connectivity index (χ0n) is 13.8. The summed E-state index contributed by atoms with van der Waals surface area (Å²) in [6.45, 7) is 1.78. The first kappa shape index (κ1) is 18.3. The van der Waals surface area contributed by atoms with Gasteiger partial charge in [0.25, 0.3) is 0 Å². The van der Waals surface area contributed by atoms with Gasteiger partial charge in [-0.3, -0.25) is 4.79 Å². The number of Topliss-reactive ketones (excluding diaryl/α,β-unsaturated/α-hetero) is 1. The summed E-state index contributed by atoms with van der Waals surface area (Å²) in [6, 6.07) is 9.69. The predicted octanol–water partition coefficient (Wildman–Crippen LogP) is 4.55. The van der Waals surface area contributed by atoms with E-state index < -0.39 is 5.97 Å². The van der Waals surface area contributed by atoms with Crippen LogP contribution in [0.15, 0.2) is 42.2 Å². The Morgan fingerprint density at radius 2 is 2.00 bits per heavy atom. The number of esters is 1. The molecular formula is C19H14Cl2O5. The van der Waals surface area contributed by atoms with E-state index >= 15 is 0 Å². The molecule has 0 fully saturated rings. The van der Waals surface area contributed by atoms with Crippen molar-refractivity contribution in [3.8, 4) is 11.5 Å². The van der Waals surface area contributed by atoms with Gasteiger partial charge < -0.3 is 14.2 Å². The molecule has 0 aromatic heterocycles. The Hall–Kier alpha value is -2.50. The molecule has 0 aliphatic carbocycles. The van der Waals surface area contributed by atoms with E-state index in [9.17, 15) is 9.59 Å².